The van der Waals surface area contributed by atoms with Crippen molar-refractivity contribution >= 4 is 23.8 Å². The van der Waals surface area contributed by atoms with Gasteiger partial charge < -0.3 is 10.6 Å². The number of hydrogen-bond donors (Lipinski definition) is 1. The molecule has 0 radical (unpaired) electrons. The quantitative estimate of drug-likeness (QED) is 0.784. The number of piperidine rings is 1. The predicted octanol–water partition coefficient (Wildman–Crippen LogP) is 2.67. The highest BCUT2D eigenvalue weighted by molar-refractivity contribution is 5.91. The van der Waals surface area contributed by atoms with E-state index < -0.39 is 29.0 Å². The van der Waals surface area contributed by atoms with Gasteiger partial charge in [-0.3, -0.25) is 9.59 Å². The van der Waals surface area contributed by atoms with E-state index in [-0.39, 0.29) is 17.5 Å². The molecule has 10 heteroatoms. The second-order valence-corrected chi connectivity index (χ2v) is 8.81. The first-order valence-corrected chi connectivity index (χ1v) is 10.3. The maximum atomic E-state index is 13.7. The lowest BCUT2D eigenvalue weighted by Gasteiger charge is -2.45. The standard InChI is InChI=1S/C22H24F2N6O2/c1-22(2)11-29(19-10-17(20(25)31)26-12-27-19)6-4-16(22)21(32)30-18(3-5-28-30)13-7-14(23)9-15(24)8-13/h5,7-10,12,16,18H,3-4,6,11H2,1-2H3,(H2,25,31)/t16-,18+/m0/s1. The summed E-state index contributed by atoms with van der Waals surface area (Å²) in [7, 11) is 0. The van der Waals surface area contributed by atoms with Crippen molar-refractivity contribution in [1.82, 2.24) is 15.0 Å². The molecule has 0 spiro atoms. The first kappa shape index (κ1) is 21.8. The molecule has 2 N–H and O–H groups in total. The first-order valence-electron chi connectivity index (χ1n) is 10.3. The van der Waals surface area contributed by atoms with Crippen molar-refractivity contribution in [1.29, 1.82) is 0 Å². The molecule has 2 aromatic rings. The molecule has 2 aliphatic rings. The number of carbonyl (C=O) groups is 2. The Morgan fingerprint density at radius 2 is 1.84 bits per heavy atom. The third-order valence-corrected chi connectivity index (χ3v) is 6.08. The zero-order valence-electron chi connectivity index (χ0n) is 17.8. The number of halogens is 2. The molecule has 4 rings (SSSR count). The Hall–Kier alpha value is -3.43. The van der Waals surface area contributed by atoms with Crippen LogP contribution in [0.15, 0.2) is 35.7 Å². The predicted molar refractivity (Wildman–Crippen MR) is 114 cm³/mol. The molecule has 0 aliphatic carbocycles. The molecule has 1 aromatic heterocycles. The van der Waals surface area contributed by atoms with Crippen LogP contribution in [-0.2, 0) is 4.79 Å². The maximum Gasteiger partial charge on any atom is 0.267 e. The zero-order valence-corrected chi connectivity index (χ0v) is 17.8. The summed E-state index contributed by atoms with van der Waals surface area (Å²) < 4.78 is 27.5. The normalized spacial score (nSPS) is 22.2. The molecule has 1 aromatic carbocycles. The van der Waals surface area contributed by atoms with Crippen LogP contribution in [0, 0.1) is 23.0 Å². The average molecular weight is 442 g/mol. The van der Waals surface area contributed by atoms with Crippen molar-refractivity contribution < 1.29 is 18.4 Å². The van der Waals surface area contributed by atoms with Crippen molar-refractivity contribution in [3.05, 3.63) is 53.5 Å². The molecule has 2 amide bonds. The minimum Gasteiger partial charge on any atom is -0.364 e. The van der Waals surface area contributed by atoms with Gasteiger partial charge in [0, 0.05) is 43.8 Å². The summed E-state index contributed by atoms with van der Waals surface area (Å²) in [5, 5.41) is 5.58. The van der Waals surface area contributed by atoms with E-state index in [2.05, 4.69) is 15.1 Å². The summed E-state index contributed by atoms with van der Waals surface area (Å²) in [6, 6.07) is 4.28. The van der Waals surface area contributed by atoms with Gasteiger partial charge in [-0.1, -0.05) is 13.8 Å². The smallest absolute Gasteiger partial charge is 0.267 e. The van der Waals surface area contributed by atoms with E-state index in [1.807, 2.05) is 18.7 Å². The second kappa shape index (κ2) is 8.25. The van der Waals surface area contributed by atoms with Gasteiger partial charge in [-0.15, -0.1) is 0 Å². The van der Waals surface area contributed by atoms with Gasteiger partial charge in [-0.05, 0) is 29.5 Å². The van der Waals surface area contributed by atoms with E-state index >= 15 is 0 Å². The van der Waals surface area contributed by atoms with E-state index in [9.17, 15) is 18.4 Å². The number of benzene rings is 1. The Kier molecular flexibility index (Phi) is 5.62. The van der Waals surface area contributed by atoms with Gasteiger partial charge in [0.05, 0.1) is 6.04 Å². The number of aromatic nitrogens is 2. The molecule has 0 saturated carbocycles. The lowest BCUT2D eigenvalue weighted by molar-refractivity contribution is -0.142. The Bertz CT molecular complexity index is 1070. The third-order valence-electron chi connectivity index (χ3n) is 6.08. The molecule has 0 bridgehead atoms. The summed E-state index contributed by atoms with van der Waals surface area (Å²) >= 11 is 0. The summed E-state index contributed by atoms with van der Waals surface area (Å²) in [5.74, 6) is -1.98. The highest BCUT2D eigenvalue weighted by Gasteiger charge is 2.44. The lowest BCUT2D eigenvalue weighted by atomic mass is 9.73. The summed E-state index contributed by atoms with van der Waals surface area (Å²) in [4.78, 5) is 35.0. The minimum absolute atomic E-state index is 0.127. The van der Waals surface area contributed by atoms with Crippen LogP contribution < -0.4 is 10.6 Å². The molecule has 32 heavy (non-hydrogen) atoms. The highest BCUT2D eigenvalue weighted by atomic mass is 19.1. The zero-order chi connectivity index (χ0) is 23.0. The molecule has 1 saturated heterocycles. The van der Waals surface area contributed by atoms with Crippen molar-refractivity contribution in [3.63, 3.8) is 0 Å². The number of anilines is 1. The summed E-state index contributed by atoms with van der Waals surface area (Å²) in [6.07, 6.45) is 3.81. The largest absolute Gasteiger partial charge is 0.364 e. The fourth-order valence-corrected chi connectivity index (χ4v) is 4.50. The van der Waals surface area contributed by atoms with Crippen LogP contribution >= 0.6 is 0 Å². The SMILES string of the molecule is CC1(C)CN(c2cc(C(N)=O)ncn2)CC[C@H]1C(=O)N1N=CC[C@@H]1c1cc(F)cc(F)c1. The number of hydrogen-bond acceptors (Lipinski definition) is 6. The molecular formula is C22H24F2N6O2. The van der Waals surface area contributed by atoms with Gasteiger partial charge in [0.2, 0.25) is 5.91 Å². The van der Waals surface area contributed by atoms with E-state index in [0.29, 0.717) is 37.3 Å². The molecule has 8 nitrogen and oxygen atoms in total. The second-order valence-electron chi connectivity index (χ2n) is 8.81. The van der Waals surface area contributed by atoms with Crippen LogP contribution in [0.2, 0.25) is 0 Å². The van der Waals surface area contributed by atoms with Crippen LogP contribution in [0.5, 0.6) is 0 Å². The monoisotopic (exact) mass is 442 g/mol. The number of amides is 2. The van der Waals surface area contributed by atoms with Crippen LogP contribution in [0.3, 0.4) is 0 Å². The highest BCUT2D eigenvalue weighted by Crippen LogP contribution is 2.40. The Morgan fingerprint density at radius 3 is 2.50 bits per heavy atom. The van der Waals surface area contributed by atoms with Gasteiger partial charge in [-0.25, -0.2) is 23.8 Å². The van der Waals surface area contributed by atoms with Crippen molar-refractivity contribution in [2.75, 3.05) is 18.0 Å². The number of carbonyl (C=O) groups excluding carboxylic acids is 2. The third kappa shape index (κ3) is 4.17. The molecule has 2 aliphatic heterocycles. The molecular weight excluding hydrogens is 418 g/mol. The topological polar surface area (TPSA) is 105 Å². The van der Waals surface area contributed by atoms with Crippen molar-refractivity contribution in [2.45, 2.75) is 32.7 Å². The van der Waals surface area contributed by atoms with Gasteiger partial charge in [0.25, 0.3) is 5.91 Å². The Labute approximate surface area is 184 Å². The number of nitrogens with two attached hydrogens (primary N) is 1. The molecule has 0 unspecified atom stereocenters. The number of hydrazone groups is 1. The first-order chi connectivity index (χ1) is 15.2. The molecule has 168 valence electrons. The van der Waals surface area contributed by atoms with Gasteiger partial charge in [0.15, 0.2) is 0 Å². The summed E-state index contributed by atoms with van der Waals surface area (Å²) in [6.45, 7) is 5.00. The van der Waals surface area contributed by atoms with E-state index in [1.54, 1.807) is 12.3 Å². The van der Waals surface area contributed by atoms with Crippen molar-refractivity contribution in [2.24, 2.45) is 22.2 Å². The molecule has 2 atom stereocenters. The number of primary amides is 1. The lowest BCUT2D eigenvalue weighted by Crippen LogP contribution is -2.51. The number of rotatable bonds is 4. The Morgan fingerprint density at radius 1 is 1.12 bits per heavy atom. The fraction of sp³-hybridized carbons (Fsp3) is 0.409. The minimum atomic E-state index is -0.687. The van der Waals surface area contributed by atoms with Crippen LogP contribution in [0.25, 0.3) is 0 Å². The summed E-state index contributed by atoms with van der Waals surface area (Å²) in [5.41, 5.74) is 5.37. The van der Waals surface area contributed by atoms with Crippen LogP contribution in [-0.4, -0.2) is 46.1 Å². The van der Waals surface area contributed by atoms with E-state index in [1.165, 1.54) is 23.5 Å². The average Bonchev–Trinajstić information content (AvgIpc) is 3.22. The Balaban J connectivity index is 1.53. The van der Waals surface area contributed by atoms with Gasteiger partial charge >= 0.3 is 0 Å². The van der Waals surface area contributed by atoms with Crippen LogP contribution in [0.1, 0.15) is 48.8 Å². The molecule has 3 heterocycles. The van der Waals surface area contributed by atoms with Gasteiger partial charge in [0.1, 0.15) is 29.5 Å². The fourth-order valence-electron chi connectivity index (χ4n) is 4.50. The van der Waals surface area contributed by atoms with Crippen LogP contribution in [0.4, 0.5) is 14.6 Å². The maximum absolute atomic E-state index is 13.7. The van der Waals surface area contributed by atoms with E-state index in [4.69, 9.17) is 5.73 Å². The van der Waals surface area contributed by atoms with E-state index in [0.717, 1.165) is 6.07 Å². The van der Waals surface area contributed by atoms with Gasteiger partial charge in [-0.2, -0.15) is 5.10 Å². The van der Waals surface area contributed by atoms with Crippen molar-refractivity contribution in [3.8, 4) is 0 Å². The number of nitrogens with zero attached hydrogens (tertiary/aromatic N) is 5. The molecule has 1 fully saturated rings.